The molecule has 0 radical (unpaired) electrons. The number of aromatic nitrogens is 4. The lowest BCUT2D eigenvalue weighted by Gasteiger charge is -2.30. The lowest BCUT2D eigenvalue weighted by molar-refractivity contribution is -0.143. The second kappa shape index (κ2) is 37.5. The van der Waals surface area contributed by atoms with E-state index in [1.54, 1.807) is 0 Å². The first-order valence-corrected chi connectivity index (χ1v) is 28.2. The molecule has 12 amide bonds. The summed E-state index contributed by atoms with van der Waals surface area (Å²) in [4.78, 5) is 199. The van der Waals surface area contributed by atoms with Gasteiger partial charge in [-0.3, -0.25) is 67.1 Å². The summed E-state index contributed by atoms with van der Waals surface area (Å²) >= 11 is 0. The number of H-pyrrole nitrogens is 2. The van der Waals surface area contributed by atoms with Crippen molar-refractivity contribution in [1.82, 2.24) is 78.0 Å². The third-order valence-electron chi connectivity index (χ3n) is 13.7. The molecule has 39 heteroatoms. The van der Waals surface area contributed by atoms with Crippen LogP contribution in [0.3, 0.4) is 0 Å². The number of nitrogens with zero attached hydrogens (tertiary/aromatic N) is 3. The number of amides is 12. The number of nitrogens with two attached hydrogens (primary N) is 3. The third kappa shape index (κ3) is 24.4. The Hall–Kier alpha value is -9.28. The number of carboxylic acid groups (broad SMARTS) is 2. The smallest absolute Gasteiger partial charge is 0.322 e. The Bertz CT molecular complexity index is 2790. The van der Waals surface area contributed by atoms with E-state index in [-0.39, 0.29) is 63.0 Å². The highest BCUT2D eigenvalue weighted by molar-refractivity contribution is 6.00. The Kier molecular flexibility index (Phi) is 31.3. The molecule has 1 fully saturated rings. The Morgan fingerprint density at radius 2 is 1.02 bits per heavy atom. The lowest BCUT2D eigenvalue weighted by atomic mass is 10.0. The molecule has 0 aliphatic carbocycles. The molecule has 0 unspecified atom stereocenters. The van der Waals surface area contributed by atoms with Crippen molar-refractivity contribution < 1.29 is 103 Å². The van der Waals surface area contributed by atoms with Gasteiger partial charge in [0.05, 0.1) is 62.5 Å². The van der Waals surface area contributed by atoms with Gasteiger partial charge in [-0.05, 0) is 58.9 Å². The zero-order valence-electron chi connectivity index (χ0n) is 49.0. The first-order valence-electron chi connectivity index (χ1n) is 28.2. The maximum Gasteiger partial charge on any atom is 0.322 e. The predicted octanol–water partition coefficient (Wildman–Crippen LogP) is -11.6. The number of aliphatic carboxylic acids is 2. The predicted molar refractivity (Wildman–Crippen MR) is 304 cm³/mol. The molecule has 0 spiro atoms. The summed E-state index contributed by atoms with van der Waals surface area (Å²) < 4.78 is 0. The van der Waals surface area contributed by atoms with E-state index in [1.165, 1.54) is 29.9 Å². The van der Waals surface area contributed by atoms with Gasteiger partial charge >= 0.3 is 11.9 Å². The number of likely N-dealkylation sites (tertiary alicyclic amines) is 1. The fourth-order valence-corrected chi connectivity index (χ4v) is 8.75. The van der Waals surface area contributed by atoms with Crippen LogP contribution in [0.4, 0.5) is 0 Å². The number of hydrogen-bond donors (Lipinski definition) is 22. The standard InChI is InChI=1S/C51H80N18O21/c1-23(73)39(54)49(88)63-30(14-36(53)75)44(83)68-40(24(2)74)50(89)61-27(6-3-4-10-52)41(80)60-28(8-9-37(76)77)42(81)65-33(19-71)46(85)67-34(20-72)47(86)66-32(18-70)45(84)62-29(12-25-15-55-21-58-25)43(82)64-31(13-26-16-56-22-59-26)51(90)69-11-5-7-35(69)48(87)57-17-38(78)79/h15-16,21-24,27-35,39-40,70-74H,3-14,17-20,52,54H2,1-2H3,(H2,53,75)(H,55,58)(H,56,59)(H,57,87)(H,60,80)(H,61,89)(H,62,84)(H,63,88)(H,64,82)(H,65,81)(H,66,86)(H,67,85)(H,68,83)(H,76,77)(H,78,79)/t23-,24-,27+,28+,29+,30+,31+,32+,33+,34+,35+,39+,40+/m1/s1. The third-order valence-corrected chi connectivity index (χ3v) is 13.7. The fourth-order valence-electron chi connectivity index (χ4n) is 8.75. The minimum atomic E-state index is -2.04. The normalized spacial score (nSPS) is 16.8. The van der Waals surface area contributed by atoms with E-state index in [2.05, 4.69) is 67.8 Å². The second-order valence-electron chi connectivity index (χ2n) is 20.7. The van der Waals surface area contributed by atoms with Gasteiger partial charge in [0.25, 0.3) is 0 Å². The fraction of sp³-hybridized carbons (Fsp3) is 0.608. The highest BCUT2D eigenvalue weighted by atomic mass is 16.4. The molecule has 3 rings (SSSR count). The Labute approximate surface area is 512 Å². The van der Waals surface area contributed by atoms with Gasteiger partial charge in [0.15, 0.2) is 0 Å². The number of carboxylic acids is 2. The van der Waals surface area contributed by atoms with E-state index in [0.29, 0.717) is 6.42 Å². The number of primary amides is 1. The minimum Gasteiger partial charge on any atom is -0.481 e. The molecule has 2 aromatic rings. The van der Waals surface area contributed by atoms with Crippen LogP contribution < -0.4 is 70.4 Å². The minimum absolute atomic E-state index is 0.0475. The number of hydrogen-bond acceptors (Lipinski definition) is 23. The summed E-state index contributed by atoms with van der Waals surface area (Å²) in [6.45, 7) is -2.06. The summed E-state index contributed by atoms with van der Waals surface area (Å²) in [6.07, 6.45) is -0.178. The molecular weight excluding hydrogens is 1200 g/mol. The Morgan fingerprint density at radius 3 is 1.48 bits per heavy atom. The van der Waals surface area contributed by atoms with Crippen molar-refractivity contribution in [3.05, 3.63) is 36.4 Å². The molecule has 500 valence electrons. The highest BCUT2D eigenvalue weighted by Crippen LogP contribution is 2.20. The van der Waals surface area contributed by atoms with Gasteiger partial charge in [0, 0.05) is 38.2 Å². The van der Waals surface area contributed by atoms with Crippen LogP contribution in [-0.4, -0.2) is 262 Å². The number of imidazole rings is 2. The average molecular weight is 1280 g/mol. The van der Waals surface area contributed by atoms with E-state index < -0.39 is 207 Å². The molecule has 0 saturated carbocycles. The molecule has 1 aliphatic heterocycles. The molecule has 25 N–H and O–H groups in total. The van der Waals surface area contributed by atoms with E-state index >= 15 is 0 Å². The summed E-state index contributed by atoms with van der Waals surface area (Å²) in [5.74, 6) is -16.6. The summed E-state index contributed by atoms with van der Waals surface area (Å²) in [7, 11) is 0. The van der Waals surface area contributed by atoms with Crippen LogP contribution in [0, 0.1) is 0 Å². The highest BCUT2D eigenvalue weighted by Gasteiger charge is 2.41. The number of aliphatic hydroxyl groups is 5. The lowest BCUT2D eigenvalue weighted by Crippen LogP contribution is -2.62. The van der Waals surface area contributed by atoms with Gasteiger partial charge in [-0.2, -0.15) is 0 Å². The van der Waals surface area contributed by atoms with Crippen LogP contribution in [0.1, 0.15) is 76.6 Å². The molecule has 1 aliphatic rings. The molecule has 90 heavy (non-hydrogen) atoms. The zero-order valence-corrected chi connectivity index (χ0v) is 49.0. The molecule has 0 bridgehead atoms. The first-order chi connectivity index (χ1) is 42.5. The molecule has 2 aromatic heterocycles. The molecular formula is C51H80N18O21. The van der Waals surface area contributed by atoms with Crippen molar-refractivity contribution in [2.75, 3.05) is 39.5 Å². The van der Waals surface area contributed by atoms with Crippen LogP contribution >= 0.6 is 0 Å². The van der Waals surface area contributed by atoms with Gasteiger partial charge in [0.2, 0.25) is 70.9 Å². The Balaban J connectivity index is 1.80. The van der Waals surface area contributed by atoms with Crippen molar-refractivity contribution in [3.8, 4) is 0 Å². The first kappa shape index (κ1) is 75.0. The SMILES string of the molecule is C[C@@H](O)[C@H](N)C(=O)N[C@@H](CC(N)=O)C(=O)N[C@H](C(=O)N[C@@H](CCCCN)C(=O)N[C@@H](CCC(=O)O)C(=O)N[C@@H](CO)C(=O)N[C@@H](CO)C(=O)N[C@@H](CO)C(=O)N[C@@H](Cc1c[nH]cn1)C(=O)N[C@@H](Cc1c[nH]cn1)C(=O)N1CCC[C@H]1C(=O)NCC(=O)O)[C@@H](C)O. The van der Waals surface area contributed by atoms with Crippen molar-refractivity contribution in [3.63, 3.8) is 0 Å². The monoisotopic (exact) mass is 1280 g/mol. The molecule has 1 saturated heterocycles. The quantitative estimate of drug-likeness (QED) is 0.0276. The van der Waals surface area contributed by atoms with Gasteiger partial charge in [-0.25, -0.2) is 9.97 Å². The second-order valence-corrected chi connectivity index (χ2v) is 20.7. The number of nitrogens with one attached hydrogen (secondary N) is 12. The van der Waals surface area contributed by atoms with Crippen LogP contribution in [0.25, 0.3) is 0 Å². The van der Waals surface area contributed by atoms with E-state index in [9.17, 15) is 97.8 Å². The van der Waals surface area contributed by atoms with Crippen LogP contribution in [0.2, 0.25) is 0 Å². The van der Waals surface area contributed by atoms with Crippen molar-refractivity contribution in [2.45, 2.75) is 157 Å². The largest absolute Gasteiger partial charge is 0.481 e. The van der Waals surface area contributed by atoms with Gasteiger partial charge in [0.1, 0.15) is 73.0 Å². The zero-order chi connectivity index (χ0) is 67.4. The van der Waals surface area contributed by atoms with Crippen LogP contribution in [-0.2, 0) is 80.0 Å². The van der Waals surface area contributed by atoms with E-state index in [4.69, 9.17) is 22.3 Å². The van der Waals surface area contributed by atoms with Crippen LogP contribution in [0.15, 0.2) is 25.0 Å². The van der Waals surface area contributed by atoms with Crippen molar-refractivity contribution in [2.24, 2.45) is 17.2 Å². The number of aliphatic hydroxyl groups excluding tert-OH is 5. The van der Waals surface area contributed by atoms with Gasteiger partial charge in [-0.15, -0.1) is 0 Å². The van der Waals surface area contributed by atoms with E-state index in [1.807, 2.05) is 5.32 Å². The molecule has 3 heterocycles. The van der Waals surface area contributed by atoms with Crippen molar-refractivity contribution in [1.29, 1.82) is 0 Å². The van der Waals surface area contributed by atoms with Crippen LogP contribution in [0.5, 0.6) is 0 Å². The average Bonchev–Trinajstić information content (AvgIpc) is 2.58. The summed E-state index contributed by atoms with van der Waals surface area (Å²) in [5, 5.41) is 91.9. The molecule has 0 aromatic carbocycles. The summed E-state index contributed by atoms with van der Waals surface area (Å²) in [6, 6.07) is -19.0. The molecule has 39 nitrogen and oxygen atoms in total. The van der Waals surface area contributed by atoms with Crippen molar-refractivity contribution >= 4 is 82.8 Å². The number of unbranched alkanes of at least 4 members (excludes halogenated alkanes) is 1. The van der Waals surface area contributed by atoms with Gasteiger partial charge < -0.3 is 121 Å². The topological polar surface area (TPSA) is 640 Å². The Morgan fingerprint density at radius 1 is 0.578 bits per heavy atom. The number of carbonyl (C=O) groups is 14. The van der Waals surface area contributed by atoms with E-state index in [0.717, 1.165) is 13.8 Å². The number of carbonyl (C=O) groups excluding carboxylic acids is 12. The number of aromatic amines is 2. The number of rotatable bonds is 40. The maximum atomic E-state index is 14.2. The molecule has 13 atom stereocenters. The summed E-state index contributed by atoms with van der Waals surface area (Å²) in [5.41, 5.74) is 17.0. The van der Waals surface area contributed by atoms with Gasteiger partial charge in [-0.1, -0.05) is 0 Å². The maximum absolute atomic E-state index is 14.2.